The second kappa shape index (κ2) is 7.86. The fourth-order valence-electron chi connectivity index (χ4n) is 2.14. The third-order valence-corrected chi connectivity index (χ3v) is 3.95. The maximum absolute atomic E-state index is 11.9. The Balaban J connectivity index is 1.90. The molecular weight excluding hydrogens is 310 g/mol. The average molecular weight is 333 g/mol. The van der Waals surface area contributed by atoms with Gasteiger partial charge in [-0.25, -0.2) is 0 Å². The number of esters is 1. The number of amides is 1. The van der Waals surface area contributed by atoms with Gasteiger partial charge < -0.3 is 19.2 Å². The van der Waals surface area contributed by atoms with E-state index in [-0.39, 0.29) is 25.0 Å². The van der Waals surface area contributed by atoms with Crippen LogP contribution in [0.5, 0.6) is 5.75 Å². The fraction of sp³-hybridized carbons (Fsp3) is 0.444. The summed E-state index contributed by atoms with van der Waals surface area (Å²) in [5.74, 6) is 0.230. The van der Waals surface area contributed by atoms with Gasteiger partial charge in [0.1, 0.15) is 11.3 Å². The van der Waals surface area contributed by atoms with Crippen molar-refractivity contribution in [2.45, 2.75) is 33.2 Å². The zero-order valence-electron chi connectivity index (χ0n) is 14.4. The van der Waals surface area contributed by atoms with Gasteiger partial charge in [0.2, 0.25) is 0 Å². The predicted octanol–water partition coefficient (Wildman–Crippen LogP) is 2.69. The van der Waals surface area contributed by atoms with Crippen LogP contribution in [0.1, 0.15) is 26.3 Å². The van der Waals surface area contributed by atoms with E-state index in [2.05, 4.69) is 5.32 Å². The highest BCUT2D eigenvalue weighted by Crippen LogP contribution is 2.26. The van der Waals surface area contributed by atoms with Gasteiger partial charge in [0.25, 0.3) is 5.91 Å². The van der Waals surface area contributed by atoms with Crippen LogP contribution in [0.15, 0.2) is 28.9 Å². The Morgan fingerprint density at radius 1 is 1.25 bits per heavy atom. The largest absolute Gasteiger partial charge is 0.497 e. The van der Waals surface area contributed by atoms with Crippen molar-refractivity contribution in [2.24, 2.45) is 5.92 Å². The Labute approximate surface area is 141 Å². The molecule has 0 spiro atoms. The molecule has 6 heteroatoms. The molecule has 1 atom stereocenters. The Morgan fingerprint density at radius 2 is 2.00 bits per heavy atom. The van der Waals surface area contributed by atoms with E-state index in [0.29, 0.717) is 22.8 Å². The lowest BCUT2D eigenvalue weighted by Gasteiger charge is -2.17. The lowest BCUT2D eigenvalue weighted by molar-refractivity contribution is -0.148. The molecule has 1 amide bonds. The third kappa shape index (κ3) is 4.50. The number of ether oxygens (including phenoxy) is 2. The van der Waals surface area contributed by atoms with Crippen LogP contribution in [-0.2, 0) is 20.7 Å². The monoisotopic (exact) mass is 333 g/mol. The number of fused-ring (bicyclic) bond motifs is 1. The smallest absolute Gasteiger partial charge is 0.310 e. The van der Waals surface area contributed by atoms with E-state index in [9.17, 15) is 9.59 Å². The number of hydrogen-bond acceptors (Lipinski definition) is 5. The highest BCUT2D eigenvalue weighted by atomic mass is 16.5. The Morgan fingerprint density at radius 3 is 2.67 bits per heavy atom. The zero-order valence-corrected chi connectivity index (χ0v) is 14.4. The van der Waals surface area contributed by atoms with E-state index in [1.54, 1.807) is 19.2 Å². The fourth-order valence-corrected chi connectivity index (χ4v) is 2.14. The number of hydrogen-bond donors (Lipinski definition) is 1. The molecule has 0 aliphatic heterocycles. The summed E-state index contributed by atoms with van der Waals surface area (Å²) in [5.41, 5.74) is 1.36. The average Bonchev–Trinajstić information content (AvgIpc) is 2.94. The lowest BCUT2D eigenvalue weighted by atomic mass is 10.1. The van der Waals surface area contributed by atoms with Crippen molar-refractivity contribution in [1.29, 1.82) is 0 Å². The predicted molar refractivity (Wildman–Crippen MR) is 89.9 cm³/mol. The van der Waals surface area contributed by atoms with Gasteiger partial charge in [0.15, 0.2) is 6.61 Å². The Hall–Kier alpha value is -2.50. The first-order valence-electron chi connectivity index (χ1n) is 7.89. The highest BCUT2D eigenvalue weighted by Gasteiger charge is 2.15. The van der Waals surface area contributed by atoms with E-state index >= 15 is 0 Å². The summed E-state index contributed by atoms with van der Waals surface area (Å²) in [6.45, 7) is 5.65. The van der Waals surface area contributed by atoms with Crippen LogP contribution in [-0.4, -0.2) is 31.6 Å². The highest BCUT2D eigenvalue weighted by molar-refractivity contribution is 5.87. The van der Waals surface area contributed by atoms with Crippen LogP contribution in [0.3, 0.4) is 0 Å². The topological polar surface area (TPSA) is 77.8 Å². The van der Waals surface area contributed by atoms with Crippen molar-refractivity contribution >= 4 is 22.8 Å². The summed E-state index contributed by atoms with van der Waals surface area (Å²) in [5, 5.41) is 3.61. The summed E-state index contributed by atoms with van der Waals surface area (Å²) < 4.78 is 15.6. The molecule has 24 heavy (non-hydrogen) atoms. The first-order valence-corrected chi connectivity index (χ1v) is 7.89. The number of furan rings is 1. The second-order valence-electron chi connectivity index (χ2n) is 6.06. The molecule has 0 saturated heterocycles. The molecule has 1 heterocycles. The molecule has 0 aliphatic rings. The van der Waals surface area contributed by atoms with Gasteiger partial charge in [-0.05, 0) is 25.0 Å². The molecule has 2 aromatic rings. The quantitative estimate of drug-likeness (QED) is 0.788. The normalized spacial score (nSPS) is 12.2. The van der Waals surface area contributed by atoms with E-state index in [4.69, 9.17) is 13.9 Å². The first kappa shape index (κ1) is 17.8. The minimum absolute atomic E-state index is 0.0315. The van der Waals surface area contributed by atoms with Crippen molar-refractivity contribution in [3.05, 3.63) is 30.0 Å². The van der Waals surface area contributed by atoms with Gasteiger partial charge in [0, 0.05) is 23.1 Å². The molecule has 0 radical (unpaired) electrons. The molecule has 6 nitrogen and oxygen atoms in total. The molecule has 0 saturated carbocycles. The first-order chi connectivity index (χ1) is 11.4. The maximum atomic E-state index is 11.9. The molecule has 0 bridgehead atoms. The maximum Gasteiger partial charge on any atom is 0.310 e. The molecule has 0 unspecified atom stereocenters. The molecule has 1 aromatic carbocycles. The summed E-state index contributed by atoms with van der Waals surface area (Å²) in [4.78, 5) is 23.7. The summed E-state index contributed by atoms with van der Waals surface area (Å²) in [6.07, 6.45) is 1.57. The van der Waals surface area contributed by atoms with Crippen LogP contribution in [0.2, 0.25) is 0 Å². The number of nitrogens with one attached hydrogen (secondary N) is 1. The van der Waals surface area contributed by atoms with Gasteiger partial charge in [-0.3, -0.25) is 9.59 Å². The zero-order chi connectivity index (χ0) is 17.7. The van der Waals surface area contributed by atoms with Crippen molar-refractivity contribution in [3.63, 3.8) is 0 Å². The molecule has 1 N–H and O–H groups in total. The van der Waals surface area contributed by atoms with Gasteiger partial charge in [-0.1, -0.05) is 13.8 Å². The van der Waals surface area contributed by atoms with Crippen LogP contribution < -0.4 is 10.1 Å². The van der Waals surface area contributed by atoms with Crippen LogP contribution >= 0.6 is 0 Å². The van der Waals surface area contributed by atoms with E-state index in [0.717, 1.165) is 5.39 Å². The third-order valence-electron chi connectivity index (χ3n) is 3.95. The molecule has 2 rings (SSSR count). The number of methoxy groups -OCH3 is 1. The molecule has 1 aromatic heterocycles. The van der Waals surface area contributed by atoms with Crippen LogP contribution in [0, 0.1) is 5.92 Å². The lowest BCUT2D eigenvalue weighted by Crippen LogP contribution is -2.38. The summed E-state index contributed by atoms with van der Waals surface area (Å²) in [6, 6.07) is 5.42. The van der Waals surface area contributed by atoms with Gasteiger partial charge in [-0.2, -0.15) is 0 Å². The Bertz CT molecular complexity index is 719. The van der Waals surface area contributed by atoms with Crippen molar-refractivity contribution in [3.8, 4) is 5.75 Å². The minimum Gasteiger partial charge on any atom is -0.497 e. The van der Waals surface area contributed by atoms with Crippen molar-refractivity contribution < 1.29 is 23.5 Å². The molecule has 0 fully saturated rings. The molecular formula is C18H23NO5. The number of rotatable bonds is 7. The number of benzene rings is 1. The van der Waals surface area contributed by atoms with Crippen molar-refractivity contribution in [1.82, 2.24) is 5.32 Å². The minimum atomic E-state index is -0.471. The van der Waals surface area contributed by atoms with Gasteiger partial charge in [-0.15, -0.1) is 0 Å². The van der Waals surface area contributed by atoms with E-state index in [1.165, 1.54) is 6.26 Å². The standard InChI is InChI=1S/C18H23NO5/c1-11(2)12(3)19-17(20)10-24-18(21)7-13-9-23-16-8-14(22-4)5-6-15(13)16/h5-6,8-9,11-12H,7,10H2,1-4H3,(H,19,20)/t12-/m1/s1. The number of carbonyl (C=O) groups is 2. The second-order valence-corrected chi connectivity index (χ2v) is 6.06. The summed E-state index contributed by atoms with van der Waals surface area (Å²) >= 11 is 0. The van der Waals surface area contributed by atoms with Gasteiger partial charge in [0.05, 0.1) is 19.8 Å². The Kier molecular flexibility index (Phi) is 5.84. The van der Waals surface area contributed by atoms with Crippen LogP contribution in [0.25, 0.3) is 11.0 Å². The molecule has 0 aliphatic carbocycles. The summed E-state index contributed by atoms with van der Waals surface area (Å²) in [7, 11) is 1.58. The van der Waals surface area contributed by atoms with Crippen molar-refractivity contribution in [2.75, 3.05) is 13.7 Å². The molecule has 130 valence electrons. The number of carbonyl (C=O) groups excluding carboxylic acids is 2. The van der Waals surface area contributed by atoms with E-state index < -0.39 is 5.97 Å². The van der Waals surface area contributed by atoms with Gasteiger partial charge >= 0.3 is 5.97 Å². The SMILES string of the molecule is COc1ccc2c(CC(=O)OCC(=O)N[C@H](C)C(C)C)coc2c1. The van der Waals surface area contributed by atoms with E-state index in [1.807, 2.05) is 26.8 Å². The van der Waals surface area contributed by atoms with Crippen LogP contribution in [0.4, 0.5) is 0 Å².